The maximum absolute atomic E-state index is 13.5. The molecule has 0 radical (unpaired) electrons. The van der Waals surface area contributed by atoms with Crippen LogP contribution in [0.4, 0.5) is 0 Å². The second kappa shape index (κ2) is 10.8. The van der Waals surface area contributed by atoms with Gasteiger partial charge in [-0.2, -0.15) is 0 Å². The third-order valence-corrected chi connectivity index (χ3v) is 7.02. The van der Waals surface area contributed by atoms with Gasteiger partial charge in [-0.15, -0.1) is 11.3 Å². The van der Waals surface area contributed by atoms with Crippen LogP contribution in [0.1, 0.15) is 24.0 Å². The normalized spacial score (nSPS) is 15.3. The molecule has 0 saturated heterocycles. The highest BCUT2D eigenvalue weighted by Gasteiger charge is 2.39. The van der Waals surface area contributed by atoms with Gasteiger partial charge in [-0.1, -0.05) is 24.3 Å². The van der Waals surface area contributed by atoms with Gasteiger partial charge in [0.25, 0.3) is 5.56 Å². The standard InChI is InChI=1S/C27H26N2O7S/c1-5-36-27(32)21-20(16-8-12-18(34-3)13-9-16)22(26(31)35-4)25-29(23(21)28)24(30)19(37-25)14-15-6-10-17(33-2)11-7-15/h6-14,20H,5,28H2,1-4H3/b19-14-/t20-/m0/s1. The lowest BCUT2D eigenvalue weighted by Crippen LogP contribution is -2.41. The van der Waals surface area contributed by atoms with Gasteiger partial charge >= 0.3 is 11.9 Å². The zero-order valence-corrected chi connectivity index (χ0v) is 21.6. The van der Waals surface area contributed by atoms with E-state index in [1.54, 1.807) is 68.6 Å². The molecular weight excluding hydrogens is 496 g/mol. The number of fused-ring (bicyclic) bond motifs is 1. The number of carbonyl (C=O) groups excluding carboxylic acids is 2. The average molecular weight is 523 g/mol. The minimum Gasteiger partial charge on any atom is -0.497 e. The van der Waals surface area contributed by atoms with Crippen molar-refractivity contribution in [1.82, 2.24) is 4.57 Å². The smallest absolute Gasteiger partial charge is 0.338 e. The largest absolute Gasteiger partial charge is 0.497 e. The van der Waals surface area contributed by atoms with Crippen LogP contribution in [0.15, 0.2) is 58.9 Å². The van der Waals surface area contributed by atoms with Gasteiger partial charge in [0, 0.05) is 0 Å². The molecule has 2 N–H and O–H groups in total. The lowest BCUT2D eigenvalue weighted by Gasteiger charge is -2.26. The van der Waals surface area contributed by atoms with Gasteiger partial charge in [-0.05, 0) is 48.4 Å². The summed E-state index contributed by atoms with van der Waals surface area (Å²) in [6.45, 7) is 1.75. The number of rotatable bonds is 7. The van der Waals surface area contributed by atoms with Crippen LogP contribution in [0, 0.1) is 0 Å². The Bertz CT molecular complexity index is 1550. The van der Waals surface area contributed by atoms with Gasteiger partial charge in [-0.3, -0.25) is 9.36 Å². The van der Waals surface area contributed by atoms with Crippen molar-refractivity contribution in [3.8, 4) is 11.5 Å². The Morgan fingerprint density at radius 3 is 2.08 bits per heavy atom. The van der Waals surface area contributed by atoms with Crippen LogP contribution in [-0.4, -0.2) is 44.4 Å². The summed E-state index contributed by atoms with van der Waals surface area (Å²) >= 11 is 1.09. The Hall–Kier alpha value is -4.31. The molecule has 0 amide bonds. The van der Waals surface area contributed by atoms with E-state index in [2.05, 4.69) is 0 Å². The van der Waals surface area contributed by atoms with E-state index in [1.165, 1.54) is 18.8 Å². The number of ether oxygens (including phenoxy) is 4. The molecule has 2 aromatic carbocycles. The van der Waals surface area contributed by atoms with E-state index in [0.717, 1.165) is 16.9 Å². The predicted octanol–water partition coefficient (Wildman–Crippen LogP) is 1.57. The number of thiazole rings is 1. The molecule has 0 unspecified atom stereocenters. The van der Waals surface area contributed by atoms with Crippen molar-refractivity contribution in [3.63, 3.8) is 0 Å². The summed E-state index contributed by atoms with van der Waals surface area (Å²) in [5, 5.41) is 0. The molecular formula is C27H26N2O7S. The van der Waals surface area contributed by atoms with Gasteiger partial charge in [0.05, 0.1) is 49.5 Å². The van der Waals surface area contributed by atoms with Crippen molar-refractivity contribution < 1.29 is 28.5 Å². The van der Waals surface area contributed by atoms with E-state index < -0.39 is 23.4 Å². The molecule has 1 aliphatic heterocycles. The maximum atomic E-state index is 13.5. The Kier molecular flexibility index (Phi) is 7.49. The highest BCUT2D eigenvalue weighted by Crippen LogP contribution is 2.38. The molecule has 4 rings (SSSR count). The van der Waals surface area contributed by atoms with E-state index in [0.29, 0.717) is 21.6 Å². The Balaban J connectivity index is 2.06. The van der Waals surface area contributed by atoms with Crippen molar-refractivity contribution in [3.05, 3.63) is 84.8 Å². The quantitative estimate of drug-likeness (QED) is 0.465. The molecule has 1 atom stereocenters. The summed E-state index contributed by atoms with van der Waals surface area (Å²) in [6, 6.07) is 14.0. The van der Waals surface area contributed by atoms with E-state index in [-0.39, 0.29) is 28.2 Å². The fourth-order valence-electron chi connectivity index (χ4n) is 4.15. The van der Waals surface area contributed by atoms with Crippen molar-refractivity contribution in [2.75, 3.05) is 27.9 Å². The van der Waals surface area contributed by atoms with Crippen LogP contribution >= 0.6 is 11.3 Å². The van der Waals surface area contributed by atoms with Gasteiger partial charge in [0.1, 0.15) is 22.0 Å². The van der Waals surface area contributed by atoms with Gasteiger partial charge in [0.15, 0.2) is 0 Å². The van der Waals surface area contributed by atoms with Gasteiger partial charge in [-0.25, -0.2) is 9.59 Å². The van der Waals surface area contributed by atoms with Crippen LogP contribution in [0.5, 0.6) is 11.5 Å². The second-order valence-electron chi connectivity index (χ2n) is 7.96. The van der Waals surface area contributed by atoms with Crippen molar-refractivity contribution in [2.45, 2.75) is 12.8 Å². The van der Waals surface area contributed by atoms with E-state index in [9.17, 15) is 14.4 Å². The molecule has 37 heavy (non-hydrogen) atoms. The first-order chi connectivity index (χ1) is 17.8. The first-order valence-electron chi connectivity index (χ1n) is 11.4. The van der Waals surface area contributed by atoms with Crippen LogP contribution in [-0.2, 0) is 19.1 Å². The zero-order valence-electron chi connectivity index (χ0n) is 20.8. The SMILES string of the molecule is CCOC(=O)C1=C(N)n2c(s/c(=C\c3ccc(OC)cc3)c2=O)=C(C(=O)OC)[C@H]1c1ccc(OC)cc1. The first kappa shape index (κ1) is 25.8. The van der Waals surface area contributed by atoms with E-state index >= 15 is 0 Å². The number of carbonyl (C=O) groups is 2. The number of hydrogen-bond acceptors (Lipinski definition) is 9. The summed E-state index contributed by atoms with van der Waals surface area (Å²) in [5.41, 5.74) is 7.44. The fourth-order valence-corrected chi connectivity index (χ4v) is 5.31. The van der Waals surface area contributed by atoms with Crippen molar-refractivity contribution in [1.29, 1.82) is 0 Å². The number of aromatic nitrogens is 1. The van der Waals surface area contributed by atoms with Crippen LogP contribution < -0.4 is 30.0 Å². The molecule has 0 saturated carbocycles. The lowest BCUT2D eigenvalue weighted by molar-refractivity contribution is -0.138. The number of hydrogen-bond donors (Lipinski definition) is 1. The fraction of sp³-hybridized carbons (Fsp3) is 0.222. The summed E-state index contributed by atoms with van der Waals surface area (Å²) in [6.07, 6.45) is 1.69. The summed E-state index contributed by atoms with van der Waals surface area (Å²) in [5.74, 6) is -1.18. The Morgan fingerprint density at radius 1 is 0.946 bits per heavy atom. The molecule has 1 aliphatic rings. The number of benzene rings is 2. The molecule has 2 heterocycles. The van der Waals surface area contributed by atoms with Crippen LogP contribution in [0.3, 0.4) is 0 Å². The predicted molar refractivity (Wildman–Crippen MR) is 140 cm³/mol. The van der Waals surface area contributed by atoms with Gasteiger partial charge in [0.2, 0.25) is 0 Å². The lowest BCUT2D eigenvalue weighted by atomic mass is 9.83. The van der Waals surface area contributed by atoms with Crippen molar-refractivity contribution >= 4 is 40.7 Å². The van der Waals surface area contributed by atoms with Crippen LogP contribution in [0.25, 0.3) is 17.5 Å². The third kappa shape index (κ3) is 4.75. The molecule has 0 fully saturated rings. The molecule has 10 heteroatoms. The first-order valence-corrected chi connectivity index (χ1v) is 12.2. The summed E-state index contributed by atoms with van der Waals surface area (Å²) in [7, 11) is 4.35. The molecule has 192 valence electrons. The number of nitrogens with zero attached hydrogens (tertiary/aromatic N) is 1. The molecule has 0 aliphatic carbocycles. The minimum absolute atomic E-state index is 0.0178. The number of methoxy groups -OCH3 is 3. The number of nitrogens with two attached hydrogens (primary N) is 1. The minimum atomic E-state index is -0.927. The highest BCUT2D eigenvalue weighted by molar-refractivity contribution is 7.07. The molecule has 3 aromatic rings. The topological polar surface area (TPSA) is 119 Å². The van der Waals surface area contributed by atoms with Crippen LogP contribution in [0.2, 0.25) is 0 Å². The third-order valence-electron chi connectivity index (χ3n) is 5.91. The average Bonchev–Trinajstić information content (AvgIpc) is 3.24. The maximum Gasteiger partial charge on any atom is 0.338 e. The molecule has 1 aromatic heterocycles. The monoisotopic (exact) mass is 522 g/mol. The summed E-state index contributed by atoms with van der Waals surface area (Å²) < 4.78 is 22.6. The highest BCUT2D eigenvalue weighted by atomic mass is 32.1. The Morgan fingerprint density at radius 2 is 1.54 bits per heavy atom. The zero-order chi connectivity index (χ0) is 26.7. The van der Waals surface area contributed by atoms with Gasteiger partial charge < -0.3 is 24.7 Å². The van der Waals surface area contributed by atoms with E-state index in [4.69, 9.17) is 24.7 Å². The summed E-state index contributed by atoms with van der Waals surface area (Å²) in [4.78, 5) is 39.9. The van der Waals surface area contributed by atoms with E-state index in [1.807, 2.05) is 0 Å². The van der Waals surface area contributed by atoms with Crippen molar-refractivity contribution in [2.24, 2.45) is 5.73 Å². The number of esters is 2. The molecule has 0 bridgehead atoms. The molecule has 9 nitrogen and oxygen atoms in total. The second-order valence-corrected chi connectivity index (χ2v) is 8.99. The molecule has 0 spiro atoms. The Labute approximate surface area is 216 Å².